The number of rotatable bonds is 5. The predicted octanol–water partition coefficient (Wildman–Crippen LogP) is 4.97. The molecule has 0 aromatic heterocycles. The lowest BCUT2D eigenvalue weighted by Crippen LogP contribution is -2.27. The second-order valence-electron chi connectivity index (χ2n) is 8.04. The minimum atomic E-state index is -0.236. The first-order valence-electron chi connectivity index (χ1n) is 10.0. The van der Waals surface area contributed by atoms with Crippen molar-refractivity contribution in [2.24, 2.45) is 5.10 Å². The lowest BCUT2D eigenvalue weighted by atomic mass is 9.86. The standard InChI is InChI=1S/C24H30N2O2/c1-15(2)19-10-9-16(3)13-23(19)28-14-24(27)26-25-22-8-6-7-20-18(5)11-17(4)12-21(20)22/h9-13,15H,6-8,14H2,1-5H3,(H,26,27)/b25-22-. The van der Waals surface area contributed by atoms with Gasteiger partial charge in [-0.15, -0.1) is 0 Å². The Kier molecular flexibility index (Phi) is 6.18. The molecule has 1 N–H and O–H groups in total. The smallest absolute Gasteiger partial charge is 0.277 e. The highest BCUT2D eigenvalue weighted by Crippen LogP contribution is 2.28. The first-order valence-corrected chi connectivity index (χ1v) is 10.0. The molecule has 0 bridgehead atoms. The lowest BCUT2D eigenvalue weighted by Gasteiger charge is -2.21. The minimum Gasteiger partial charge on any atom is -0.483 e. The molecule has 28 heavy (non-hydrogen) atoms. The summed E-state index contributed by atoms with van der Waals surface area (Å²) in [6, 6.07) is 10.5. The molecule has 1 aliphatic rings. The second kappa shape index (κ2) is 8.59. The fraction of sp³-hybridized carbons (Fsp3) is 0.417. The number of fused-ring (bicyclic) bond motifs is 1. The van der Waals surface area contributed by atoms with Gasteiger partial charge in [0.1, 0.15) is 5.75 Å². The van der Waals surface area contributed by atoms with Crippen molar-refractivity contribution in [1.82, 2.24) is 5.43 Å². The molecular formula is C24H30N2O2. The van der Waals surface area contributed by atoms with E-state index in [1.54, 1.807) is 0 Å². The third kappa shape index (κ3) is 4.61. The maximum atomic E-state index is 12.3. The molecule has 0 saturated heterocycles. The number of hydrogen-bond donors (Lipinski definition) is 1. The first-order chi connectivity index (χ1) is 13.3. The number of hydrazone groups is 1. The Morgan fingerprint density at radius 3 is 2.64 bits per heavy atom. The number of nitrogens with zero attached hydrogens (tertiary/aromatic N) is 1. The number of nitrogens with one attached hydrogen (secondary N) is 1. The molecule has 148 valence electrons. The predicted molar refractivity (Wildman–Crippen MR) is 114 cm³/mol. The van der Waals surface area contributed by atoms with Crippen LogP contribution in [0.1, 0.15) is 66.0 Å². The van der Waals surface area contributed by atoms with E-state index in [1.807, 2.05) is 13.0 Å². The SMILES string of the molecule is Cc1ccc(C(C)C)c(OCC(=O)N/N=C2/CCCc3c(C)cc(C)cc32)c1. The molecule has 0 aliphatic heterocycles. The molecule has 3 rings (SSSR count). The molecule has 0 radical (unpaired) electrons. The number of hydrogen-bond acceptors (Lipinski definition) is 3. The summed E-state index contributed by atoms with van der Waals surface area (Å²) in [5, 5.41) is 4.43. The van der Waals surface area contributed by atoms with Gasteiger partial charge in [-0.3, -0.25) is 4.79 Å². The van der Waals surface area contributed by atoms with Crippen molar-refractivity contribution in [3.63, 3.8) is 0 Å². The monoisotopic (exact) mass is 378 g/mol. The molecule has 2 aromatic carbocycles. The summed E-state index contributed by atoms with van der Waals surface area (Å²) < 4.78 is 5.81. The highest BCUT2D eigenvalue weighted by Gasteiger charge is 2.18. The number of carbonyl (C=O) groups excluding carboxylic acids is 1. The molecule has 1 aliphatic carbocycles. The average molecular weight is 379 g/mol. The van der Waals surface area contributed by atoms with Crippen molar-refractivity contribution >= 4 is 11.6 Å². The molecule has 4 heteroatoms. The van der Waals surface area contributed by atoms with Crippen molar-refractivity contribution in [2.75, 3.05) is 6.61 Å². The maximum absolute atomic E-state index is 12.3. The zero-order chi connectivity index (χ0) is 20.3. The van der Waals surface area contributed by atoms with E-state index in [9.17, 15) is 4.79 Å². The summed E-state index contributed by atoms with van der Waals surface area (Å²) in [5.41, 5.74) is 10.9. The van der Waals surface area contributed by atoms with E-state index in [4.69, 9.17) is 4.74 Å². The van der Waals surface area contributed by atoms with Crippen LogP contribution in [-0.4, -0.2) is 18.2 Å². The van der Waals surface area contributed by atoms with Gasteiger partial charge < -0.3 is 4.74 Å². The Hall–Kier alpha value is -2.62. The molecular weight excluding hydrogens is 348 g/mol. The summed E-state index contributed by atoms with van der Waals surface area (Å²) in [6.07, 6.45) is 3.01. The minimum absolute atomic E-state index is 0.0420. The van der Waals surface area contributed by atoms with E-state index in [0.29, 0.717) is 5.92 Å². The summed E-state index contributed by atoms with van der Waals surface area (Å²) in [4.78, 5) is 12.3. The number of carbonyl (C=O) groups is 1. The van der Waals surface area contributed by atoms with Gasteiger partial charge in [-0.1, -0.05) is 37.6 Å². The van der Waals surface area contributed by atoms with Crippen molar-refractivity contribution in [1.29, 1.82) is 0 Å². The van der Waals surface area contributed by atoms with E-state index in [0.717, 1.165) is 41.9 Å². The Morgan fingerprint density at radius 1 is 1.11 bits per heavy atom. The molecule has 1 amide bonds. The van der Waals surface area contributed by atoms with Crippen LogP contribution in [0.5, 0.6) is 5.75 Å². The van der Waals surface area contributed by atoms with Crippen LogP contribution in [0.4, 0.5) is 0 Å². The molecule has 0 unspecified atom stereocenters. The van der Waals surface area contributed by atoms with Gasteiger partial charge >= 0.3 is 0 Å². The molecule has 0 heterocycles. The second-order valence-corrected chi connectivity index (χ2v) is 8.04. The average Bonchev–Trinajstić information content (AvgIpc) is 2.64. The fourth-order valence-electron chi connectivity index (χ4n) is 3.82. The molecule has 0 saturated carbocycles. The lowest BCUT2D eigenvalue weighted by molar-refractivity contribution is -0.123. The quantitative estimate of drug-likeness (QED) is 0.747. The van der Waals surface area contributed by atoms with Crippen LogP contribution in [0, 0.1) is 20.8 Å². The van der Waals surface area contributed by atoms with Crippen LogP contribution in [0.15, 0.2) is 35.4 Å². The Balaban J connectivity index is 1.69. The van der Waals surface area contributed by atoms with E-state index in [-0.39, 0.29) is 12.5 Å². The first kappa shape index (κ1) is 20.1. The molecule has 0 spiro atoms. The van der Waals surface area contributed by atoms with E-state index < -0.39 is 0 Å². The van der Waals surface area contributed by atoms with Gasteiger partial charge in [0.2, 0.25) is 0 Å². The van der Waals surface area contributed by atoms with E-state index in [2.05, 4.69) is 62.5 Å². The number of amides is 1. The summed E-state index contributed by atoms with van der Waals surface area (Å²) in [7, 11) is 0. The van der Waals surface area contributed by atoms with Crippen molar-refractivity contribution in [3.8, 4) is 5.75 Å². The van der Waals surface area contributed by atoms with Gasteiger partial charge in [0.25, 0.3) is 5.91 Å². The highest BCUT2D eigenvalue weighted by molar-refractivity contribution is 6.03. The van der Waals surface area contributed by atoms with Crippen LogP contribution < -0.4 is 10.2 Å². The Morgan fingerprint density at radius 2 is 1.89 bits per heavy atom. The number of benzene rings is 2. The van der Waals surface area contributed by atoms with E-state index >= 15 is 0 Å². The number of ether oxygens (including phenoxy) is 1. The third-order valence-electron chi connectivity index (χ3n) is 5.23. The van der Waals surface area contributed by atoms with Crippen LogP contribution in [0.25, 0.3) is 0 Å². The fourth-order valence-corrected chi connectivity index (χ4v) is 3.82. The van der Waals surface area contributed by atoms with Gasteiger partial charge in [0.15, 0.2) is 6.61 Å². The van der Waals surface area contributed by atoms with Crippen molar-refractivity contribution in [2.45, 2.75) is 59.8 Å². The van der Waals surface area contributed by atoms with Crippen LogP contribution in [0.2, 0.25) is 0 Å². The van der Waals surface area contributed by atoms with Crippen LogP contribution in [-0.2, 0) is 11.2 Å². The van der Waals surface area contributed by atoms with Crippen molar-refractivity contribution in [3.05, 3.63) is 63.7 Å². The normalized spacial score (nSPS) is 14.9. The topological polar surface area (TPSA) is 50.7 Å². The molecule has 0 atom stereocenters. The molecule has 0 fully saturated rings. The van der Waals surface area contributed by atoms with Crippen LogP contribution in [0.3, 0.4) is 0 Å². The van der Waals surface area contributed by atoms with Gasteiger partial charge in [0.05, 0.1) is 5.71 Å². The summed E-state index contributed by atoms with van der Waals surface area (Å²) >= 11 is 0. The van der Waals surface area contributed by atoms with Gasteiger partial charge in [-0.05, 0) is 80.3 Å². The summed E-state index contributed by atoms with van der Waals surface area (Å²) in [6.45, 7) is 10.5. The Labute approximate surface area is 168 Å². The zero-order valence-electron chi connectivity index (χ0n) is 17.6. The van der Waals surface area contributed by atoms with Gasteiger partial charge in [-0.2, -0.15) is 5.10 Å². The summed E-state index contributed by atoms with van der Waals surface area (Å²) in [5.74, 6) is 0.872. The third-order valence-corrected chi connectivity index (χ3v) is 5.23. The maximum Gasteiger partial charge on any atom is 0.277 e. The number of aryl methyl sites for hydroxylation is 3. The van der Waals surface area contributed by atoms with Crippen LogP contribution >= 0.6 is 0 Å². The van der Waals surface area contributed by atoms with Crippen molar-refractivity contribution < 1.29 is 9.53 Å². The molecule has 4 nitrogen and oxygen atoms in total. The van der Waals surface area contributed by atoms with Gasteiger partial charge in [-0.25, -0.2) is 5.43 Å². The molecule has 2 aromatic rings. The zero-order valence-corrected chi connectivity index (χ0v) is 17.6. The van der Waals surface area contributed by atoms with Gasteiger partial charge in [0, 0.05) is 5.56 Å². The Bertz CT molecular complexity index is 913. The largest absolute Gasteiger partial charge is 0.483 e. The highest BCUT2D eigenvalue weighted by atomic mass is 16.5. The van der Waals surface area contributed by atoms with E-state index in [1.165, 1.54) is 22.3 Å².